The average Bonchev–Trinajstić information content (AvgIpc) is 2.26. The lowest BCUT2D eigenvalue weighted by Gasteiger charge is -2.09. The standard InChI is InChI=1S/C13H14N2O2/c1-8-4-5-11-12(14-8)6-10(15-9(2)16)7-13(11)17-3/h4-7H,1-3H3,(H,15,16). The quantitative estimate of drug-likeness (QED) is 0.862. The van der Waals surface area contributed by atoms with Gasteiger partial charge in [-0.25, -0.2) is 0 Å². The van der Waals surface area contributed by atoms with Gasteiger partial charge in [-0.15, -0.1) is 0 Å². The number of hydrogen-bond donors (Lipinski definition) is 1. The SMILES string of the molecule is COc1cc(NC(C)=O)cc2nc(C)ccc12. The first-order valence-electron chi connectivity index (χ1n) is 5.33. The molecule has 1 aromatic heterocycles. The Morgan fingerprint density at radius 3 is 2.76 bits per heavy atom. The molecule has 0 spiro atoms. The van der Waals surface area contributed by atoms with Crippen LogP contribution in [-0.2, 0) is 4.79 Å². The van der Waals surface area contributed by atoms with Crippen molar-refractivity contribution in [2.24, 2.45) is 0 Å². The lowest BCUT2D eigenvalue weighted by molar-refractivity contribution is -0.114. The Labute approximate surface area is 99.6 Å². The normalized spacial score (nSPS) is 10.3. The van der Waals surface area contributed by atoms with Gasteiger partial charge in [0.25, 0.3) is 0 Å². The summed E-state index contributed by atoms with van der Waals surface area (Å²) in [6.45, 7) is 3.40. The molecule has 2 aromatic rings. The van der Waals surface area contributed by atoms with Crippen LogP contribution >= 0.6 is 0 Å². The Morgan fingerprint density at radius 2 is 2.12 bits per heavy atom. The molecule has 0 aliphatic rings. The molecule has 0 aliphatic carbocycles. The zero-order valence-electron chi connectivity index (χ0n) is 10.1. The number of carbonyl (C=O) groups excluding carboxylic acids is 1. The number of amides is 1. The molecule has 0 unspecified atom stereocenters. The second-order valence-corrected chi connectivity index (χ2v) is 3.88. The molecule has 1 heterocycles. The van der Waals surface area contributed by atoms with Gasteiger partial charge in [0.05, 0.1) is 12.6 Å². The summed E-state index contributed by atoms with van der Waals surface area (Å²) in [4.78, 5) is 15.5. The van der Waals surface area contributed by atoms with Crippen LogP contribution in [0, 0.1) is 6.92 Å². The zero-order valence-corrected chi connectivity index (χ0v) is 10.1. The summed E-state index contributed by atoms with van der Waals surface area (Å²) >= 11 is 0. The number of fused-ring (bicyclic) bond motifs is 1. The maximum atomic E-state index is 11.0. The molecule has 1 aromatic carbocycles. The van der Waals surface area contributed by atoms with Crippen LogP contribution in [0.5, 0.6) is 5.75 Å². The van der Waals surface area contributed by atoms with Crippen molar-refractivity contribution in [1.29, 1.82) is 0 Å². The molecule has 0 aliphatic heterocycles. The summed E-state index contributed by atoms with van der Waals surface area (Å²) in [5.41, 5.74) is 2.44. The van der Waals surface area contributed by atoms with E-state index < -0.39 is 0 Å². The molecule has 0 saturated heterocycles. The van der Waals surface area contributed by atoms with Gasteiger partial charge in [0.2, 0.25) is 5.91 Å². The minimum Gasteiger partial charge on any atom is -0.496 e. The third-order valence-electron chi connectivity index (χ3n) is 2.45. The second-order valence-electron chi connectivity index (χ2n) is 3.88. The van der Waals surface area contributed by atoms with Crippen molar-refractivity contribution in [3.8, 4) is 5.75 Å². The summed E-state index contributed by atoms with van der Waals surface area (Å²) < 4.78 is 5.30. The minimum atomic E-state index is -0.112. The molecule has 0 radical (unpaired) electrons. The molecule has 4 heteroatoms. The van der Waals surface area contributed by atoms with E-state index in [9.17, 15) is 4.79 Å². The van der Waals surface area contributed by atoms with Crippen molar-refractivity contribution < 1.29 is 9.53 Å². The minimum absolute atomic E-state index is 0.112. The Balaban J connectivity index is 2.62. The fourth-order valence-corrected chi connectivity index (χ4v) is 1.75. The van der Waals surface area contributed by atoms with E-state index in [1.54, 1.807) is 13.2 Å². The maximum absolute atomic E-state index is 11.0. The van der Waals surface area contributed by atoms with Crippen molar-refractivity contribution in [2.45, 2.75) is 13.8 Å². The average molecular weight is 230 g/mol. The summed E-state index contributed by atoms with van der Waals surface area (Å²) in [7, 11) is 1.60. The number of rotatable bonds is 2. The molecule has 1 N–H and O–H groups in total. The molecule has 0 fully saturated rings. The highest BCUT2D eigenvalue weighted by Crippen LogP contribution is 2.28. The van der Waals surface area contributed by atoms with Gasteiger partial charge in [0, 0.05) is 29.8 Å². The van der Waals surface area contributed by atoms with Crippen molar-refractivity contribution in [2.75, 3.05) is 12.4 Å². The third kappa shape index (κ3) is 2.36. The molecule has 0 bridgehead atoms. The zero-order chi connectivity index (χ0) is 12.4. The van der Waals surface area contributed by atoms with Crippen LogP contribution in [0.25, 0.3) is 10.9 Å². The monoisotopic (exact) mass is 230 g/mol. The van der Waals surface area contributed by atoms with Crippen LogP contribution in [-0.4, -0.2) is 18.0 Å². The van der Waals surface area contributed by atoms with Gasteiger partial charge in [-0.1, -0.05) is 0 Å². The third-order valence-corrected chi connectivity index (χ3v) is 2.45. The van der Waals surface area contributed by atoms with Crippen molar-refractivity contribution in [3.05, 3.63) is 30.0 Å². The fourth-order valence-electron chi connectivity index (χ4n) is 1.75. The van der Waals surface area contributed by atoms with Crippen LogP contribution in [0.3, 0.4) is 0 Å². The first-order valence-corrected chi connectivity index (χ1v) is 5.33. The molecule has 17 heavy (non-hydrogen) atoms. The van der Waals surface area contributed by atoms with Crippen LogP contribution in [0.4, 0.5) is 5.69 Å². The predicted octanol–water partition coefficient (Wildman–Crippen LogP) is 2.51. The van der Waals surface area contributed by atoms with Gasteiger partial charge in [-0.3, -0.25) is 9.78 Å². The second kappa shape index (κ2) is 4.41. The molecule has 4 nitrogen and oxygen atoms in total. The van der Waals surface area contributed by atoms with E-state index in [4.69, 9.17) is 4.74 Å². The van der Waals surface area contributed by atoms with E-state index in [1.807, 2.05) is 25.1 Å². The van der Waals surface area contributed by atoms with Gasteiger partial charge in [0.15, 0.2) is 0 Å². The molecular weight excluding hydrogens is 216 g/mol. The molecule has 0 saturated carbocycles. The number of carbonyl (C=O) groups is 1. The largest absolute Gasteiger partial charge is 0.496 e. The van der Waals surface area contributed by atoms with Gasteiger partial charge in [-0.2, -0.15) is 0 Å². The number of ether oxygens (including phenoxy) is 1. The van der Waals surface area contributed by atoms with Crippen molar-refractivity contribution >= 4 is 22.5 Å². The Hall–Kier alpha value is -2.10. The Bertz CT molecular complexity index is 579. The van der Waals surface area contributed by atoms with E-state index in [1.165, 1.54) is 6.92 Å². The number of anilines is 1. The fraction of sp³-hybridized carbons (Fsp3) is 0.231. The van der Waals surface area contributed by atoms with Gasteiger partial charge < -0.3 is 10.1 Å². The van der Waals surface area contributed by atoms with Crippen LogP contribution in [0.15, 0.2) is 24.3 Å². The van der Waals surface area contributed by atoms with E-state index >= 15 is 0 Å². The summed E-state index contributed by atoms with van der Waals surface area (Å²) in [5, 5.41) is 3.67. The highest BCUT2D eigenvalue weighted by Gasteiger charge is 2.06. The summed E-state index contributed by atoms with van der Waals surface area (Å²) in [6, 6.07) is 7.53. The molecule has 88 valence electrons. The Morgan fingerprint density at radius 1 is 1.35 bits per heavy atom. The lowest BCUT2D eigenvalue weighted by Crippen LogP contribution is -2.06. The number of nitrogens with one attached hydrogen (secondary N) is 1. The highest BCUT2D eigenvalue weighted by molar-refractivity contribution is 5.94. The van der Waals surface area contributed by atoms with Gasteiger partial charge in [0.1, 0.15) is 5.75 Å². The van der Waals surface area contributed by atoms with E-state index in [2.05, 4.69) is 10.3 Å². The number of hydrogen-bond acceptors (Lipinski definition) is 3. The van der Waals surface area contributed by atoms with E-state index in [0.717, 1.165) is 16.6 Å². The van der Waals surface area contributed by atoms with Crippen molar-refractivity contribution in [3.63, 3.8) is 0 Å². The number of nitrogens with zero attached hydrogens (tertiary/aromatic N) is 1. The van der Waals surface area contributed by atoms with Gasteiger partial charge in [-0.05, 0) is 25.1 Å². The van der Waals surface area contributed by atoms with Gasteiger partial charge >= 0.3 is 0 Å². The van der Waals surface area contributed by atoms with E-state index in [0.29, 0.717) is 11.4 Å². The Kier molecular flexibility index (Phi) is 2.95. The highest BCUT2D eigenvalue weighted by atomic mass is 16.5. The maximum Gasteiger partial charge on any atom is 0.221 e. The lowest BCUT2D eigenvalue weighted by atomic mass is 10.1. The molecule has 0 atom stereocenters. The number of aryl methyl sites for hydroxylation is 1. The van der Waals surface area contributed by atoms with Crippen molar-refractivity contribution in [1.82, 2.24) is 4.98 Å². The molecule has 1 amide bonds. The number of benzene rings is 1. The summed E-state index contributed by atoms with van der Waals surface area (Å²) in [5.74, 6) is 0.595. The molecule has 2 rings (SSSR count). The predicted molar refractivity (Wildman–Crippen MR) is 67.3 cm³/mol. The molecular formula is C13H14N2O2. The van der Waals surface area contributed by atoms with Crippen LogP contribution < -0.4 is 10.1 Å². The van der Waals surface area contributed by atoms with Crippen LogP contribution in [0.2, 0.25) is 0 Å². The first-order chi connectivity index (χ1) is 8.10. The number of aromatic nitrogens is 1. The number of pyridine rings is 1. The number of methoxy groups -OCH3 is 1. The summed E-state index contributed by atoms with van der Waals surface area (Å²) in [6.07, 6.45) is 0. The smallest absolute Gasteiger partial charge is 0.221 e. The topological polar surface area (TPSA) is 51.2 Å². The first kappa shape index (κ1) is 11.4. The van der Waals surface area contributed by atoms with E-state index in [-0.39, 0.29) is 5.91 Å². The van der Waals surface area contributed by atoms with Crippen LogP contribution in [0.1, 0.15) is 12.6 Å².